The van der Waals surface area contributed by atoms with Crippen molar-refractivity contribution in [1.29, 1.82) is 0 Å². The molecule has 8 heteroatoms. The third-order valence-corrected chi connectivity index (χ3v) is 4.77. The molecule has 100 valence electrons. The molecule has 0 bridgehead atoms. The zero-order valence-corrected chi connectivity index (χ0v) is 10.6. The summed E-state index contributed by atoms with van der Waals surface area (Å²) < 4.78 is 22.5. The fourth-order valence-corrected chi connectivity index (χ4v) is 3.43. The van der Waals surface area contributed by atoms with Gasteiger partial charge in [0, 0.05) is 18.9 Å². The first-order valence-electron chi connectivity index (χ1n) is 5.83. The summed E-state index contributed by atoms with van der Waals surface area (Å²) in [7, 11) is -2.92. The molecule has 7 nitrogen and oxygen atoms in total. The molecule has 2 rings (SSSR count). The minimum Gasteiger partial charge on any atom is -0.348 e. The van der Waals surface area contributed by atoms with Crippen LogP contribution in [0, 0.1) is 0 Å². The minimum absolute atomic E-state index is 0.112. The molecule has 2 aliphatic rings. The van der Waals surface area contributed by atoms with Crippen LogP contribution >= 0.6 is 0 Å². The molecule has 2 aliphatic heterocycles. The largest absolute Gasteiger partial charge is 0.348 e. The summed E-state index contributed by atoms with van der Waals surface area (Å²) in [6.45, 7) is 0. The lowest BCUT2D eigenvalue weighted by Crippen LogP contribution is -2.45. The van der Waals surface area contributed by atoms with Crippen molar-refractivity contribution in [3.8, 4) is 0 Å². The molecule has 0 spiro atoms. The average Bonchev–Trinajstić information content (AvgIpc) is 2.33. The lowest BCUT2D eigenvalue weighted by atomic mass is 10.1. The second-order valence-electron chi connectivity index (χ2n) is 4.49. The summed E-state index contributed by atoms with van der Waals surface area (Å²) in [5, 5.41) is 6.45. The SMILES string of the molecule is O=C1CCC(C(=O)NC2CCS(=O)(=O)CC2)=NN1. The Bertz CT molecular complexity index is 483. The van der Waals surface area contributed by atoms with Gasteiger partial charge in [-0.15, -0.1) is 0 Å². The van der Waals surface area contributed by atoms with Crippen molar-refractivity contribution >= 4 is 27.4 Å². The third-order valence-electron chi connectivity index (χ3n) is 3.06. The van der Waals surface area contributed by atoms with Crippen LogP contribution in [0.1, 0.15) is 25.7 Å². The van der Waals surface area contributed by atoms with E-state index in [1.165, 1.54) is 0 Å². The van der Waals surface area contributed by atoms with Crippen LogP contribution in [0.15, 0.2) is 5.10 Å². The predicted octanol–water partition coefficient (Wildman–Crippen LogP) is -1.05. The van der Waals surface area contributed by atoms with E-state index in [-0.39, 0.29) is 35.8 Å². The molecule has 0 aromatic rings. The summed E-state index contributed by atoms with van der Waals surface area (Å²) in [5.41, 5.74) is 2.55. The molecule has 2 heterocycles. The number of carbonyl (C=O) groups excluding carboxylic acids is 2. The van der Waals surface area contributed by atoms with E-state index in [2.05, 4.69) is 15.8 Å². The Morgan fingerprint density at radius 3 is 2.50 bits per heavy atom. The van der Waals surface area contributed by atoms with Crippen LogP contribution < -0.4 is 10.7 Å². The lowest BCUT2D eigenvalue weighted by Gasteiger charge is -2.23. The van der Waals surface area contributed by atoms with Crippen LogP contribution in [-0.2, 0) is 19.4 Å². The molecule has 18 heavy (non-hydrogen) atoms. The van der Waals surface area contributed by atoms with Gasteiger partial charge in [-0.05, 0) is 12.8 Å². The molecule has 0 atom stereocenters. The maximum atomic E-state index is 11.8. The molecule has 0 radical (unpaired) electrons. The van der Waals surface area contributed by atoms with Gasteiger partial charge in [0.25, 0.3) is 5.91 Å². The summed E-state index contributed by atoms with van der Waals surface area (Å²) in [4.78, 5) is 22.7. The lowest BCUT2D eigenvalue weighted by molar-refractivity contribution is -0.121. The number of hydrogen-bond donors (Lipinski definition) is 2. The standard InChI is InChI=1S/C10H15N3O4S/c14-9-2-1-8(12-13-9)10(15)11-7-3-5-18(16,17)6-4-7/h7H,1-6H2,(H,11,15)(H,13,14). The quantitative estimate of drug-likeness (QED) is 0.669. The summed E-state index contributed by atoms with van der Waals surface area (Å²) in [6.07, 6.45) is 1.45. The van der Waals surface area contributed by atoms with Gasteiger partial charge in [-0.3, -0.25) is 9.59 Å². The second kappa shape index (κ2) is 5.05. The van der Waals surface area contributed by atoms with E-state index < -0.39 is 9.84 Å². The molecule has 0 unspecified atom stereocenters. The van der Waals surface area contributed by atoms with E-state index in [1.54, 1.807) is 0 Å². The van der Waals surface area contributed by atoms with Crippen LogP contribution in [0.4, 0.5) is 0 Å². The Morgan fingerprint density at radius 2 is 1.94 bits per heavy atom. The molecule has 2 amide bonds. The zero-order chi connectivity index (χ0) is 13.2. The summed E-state index contributed by atoms with van der Waals surface area (Å²) >= 11 is 0. The number of hydrazone groups is 1. The Kier molecular flexibility index (Phi) is 3.65. The van der Waals surface area contributed by atoms with E-state index in [9.17, 15) is 18.0 Å². The molecule has 0 aliphatic carbocycles. The van der Waals surface area contributed by atoms with E-state index in [0.717, 1.165) is 0 Å². The Morgan fingerprint density at radius 1 is 1.28 bits per heavy atom. The van der Waals surface area contributed by atoms with Gasteiger partial charge < -0.3 is 5.32 Å². The van der Waals surface area contributed by atoms with Gasteiger partial charge >= 0.3 is 0 Å². The van der Waals surface area contributed by atoms with E-state index in [0.29, 0.717) is 25.0 Å². The van der Waals surface area contributed by atoms with E-state index in [1.807, 2.05) is 0 Å². The molecule has 0 saturated carbocycles. The third kappa shape index (κ3) is 3.28. The maximum absolute atomic E-state index is 11.8. The first-order chi connectivity index (χ1) is 8.46. The van der Waals surface area contributed by atoms with Gasteiger partial charge in [0.2, 0.25) is 5.91 Å². The van der Waals surface area contributed by atoms with E-state index in [4.69, 9.17) is 0 Å². The van der Waals surface area contributed by atoms with Crippen molar-refractivity contribution in [1.82, 2.24) is 10.7 Å². The van der Waals surface area contributed by atoms with Crippen LogP contribution in [0.5, 0.6) is 0 Å². The average molecular weight is 273 g/mol. The van der Waals surface area contributed by atoms with Crippen molar-refractivity contribution in [3.63, 3.8) is 0 Å². The summed E-state index contributed by atoms with van der Waals surface area (Å²) in [6, 6.07) is -0.124. The van der Waals surface area contributed by atoms with Crippen molar-refractivity contribution in [2.24, 2.45) is 5.10 Å². The number of hydrogen-bond acceptors (Lipinski definition) is 5. The van der Waals surface area contributed by atoms with Gasteiger partial charge in [-0.25, -0.2) is 13.8 Å². The molecular weight excluding hydrogens is 258 g/mol. The molecule has 0 aromatic heterocycles. The number of amides is 2. The smallest absolute Gasteiger partial charge is 0.267 e. The van der Waals surface area contributed by atoms with Crippen LogP contribution in [0.25, 0.3) is 0 Å². The molecule has 1 saturated heterocycles. The monoisotopic (exact) mass is 273 g/mol. The maximum Gasteiger partial charge on any atom is 0.267 e. The highest BCUT2D eigenvalue weighted by Crippen LogP contribution is 2.12. The first-order valence-corrected chi connectivity index (χ1v) is 7.65. The number of nitrogens with zero attached hydrogens (tertiary/aromatic N) is 1. The topological polar surface area (TPSA) is 105 Å². The zero-order valence-electron chi connectivity index (χ0n) is 9.81. The fourth-order valence-electron chi connectivity index (χ4n) is 1.94. The van der Waals surface area contributed by atoms with Crippen LogP contribution in [0.3, 0.4) is 0 Å². The predicted molar refractivity (Wildman–Crippen MR) is 64.6 cm³/mol. The van der Waals surface area contributed by atoms with Crippen molar-refractivity contribution in [3.05, 3.63) is 0 Å². The molecule has 0 aromatic carbocycles. The van der Waals surface area contributed by atoms with Gasteiger partial charge in [0.05, 0.1) is 11.5 Å². The van der Waals surface area contributed by atoms with Crippen LogP contribution in [-0.4, -0.2) is 43.5 Å². The number of sulfone groups is 1. The van der Waals surface area contributed by atoms with Crippen molar-refractivity contribution in [2.45, 2.75) is 31.7 Å². The minimum atomic E-state index is -2.92. The normalized spacial score (nSPS) is 24.0. The number of carbonyl (C=O) groups is 2. The second-order valence-corrected chi connectivity index (χ2v) is 6.80. The first kappa shape index (κ1) is 13.0. The van der Waals surface area contributed by atoms with Gasteiger partial charge in [-0.2, -0.15) is 5.10 Å². The highest BCUT2D eigenvalue weighted by Gasteiger charge is 2.26. The number of rotatable bonds is 2. The van der Waals surface area contributed by atoms with Gasteiger partial charge in [0.15, 0.2) is 0 Å². The molecule has 1 fully saturated rings. The van der Waals surface area contributed by atoms with Crippen molar-refractivity contribution in [2.75, 3.05) is 11.5 Å². The Labute approximate surface area is 105 Å². The Balaban J connectivity index is 1.87. The van der Waals surface area contributed by atoms with E-state index >= 15 is 0 Å². The van der Waals surface area contributed by atoms with Crippen LogP contribution in [0.2, 0.25) is 0 Å². The number of nitrogens with one attached hydrogen (secondary N) is 2. The molecule has 2 N–H and O–H groups in total. The summed E-state index contributed by atoms with van der Waals surface area (Å²) in [5.74, 6) is -0.294. The van der Waals surface area contributed by atoms with Gasteiger partial charge in [0.1, 0.15) is 15.5 Å². The molecular formula is C10H15N3O4S. The Hall–Kier alpha value is -1.44. The highest BCUT2D eigenvalue weighted by molar-refractivity contribution is 7.91. The van der Waals surface area contributed by atoms with Gasteiger partial charge in [-0.1, -0.05) is 0 Å². The fraction of sp³-hybridized carbons (Fsp3) is 0.700. The highest BCUT2D eigenvalue weighted by atomic mass is 32.2. The van der Waals surface area contributed by atoms with Crippen molar-refractivity contribution < 1.29 is 18.0 Å².